The molecular weight excluding hydrogens is 300 g/mol. The molecular formula is C25H30. The zero-order chi connectivity index (χ0) is 17.4. The zero-order valence-electron chi connectivity index (χ0n) is 16.3. The minimum Gasteiger partial charge on any atom is -0.0558 e. The van der Waals surface area contributed by atoms with Gasteiger partial charge in [0.2, 0.25) is 0 Å². The third kappa shape index (κ3) is 2.26. The van der Waals surface area contributed by atoms with Crippen LogP contribution in [0.5, 0.6) is 0 Å². The van der Waals surface area contributed by atoms with Gasteiger partial charge in [0.05, 0.1) is 0 Å². The summed E-state index contributed by atoms with van der Waals surface area (Å²) in [7, 11) is 0. The smallest absolute Gasteiger partial charge is 0.00132 e. The molecule has 0 fully saturated rings. The molecule has 0 amide bonds. The van der Waals surface area contributed by atoms with Crippen molar-refractivity contribution >= 4 is 0 Å². The molecule has 0 bridgehead atoms. The number of hydrogen-bond acceptors (Lipinski definition) is 0. The number of benzene rings is 2. The van der Waals surface area contributed by atoms with E-state index in [2.05, 4.69) is 52.0 Å². The number of rotatable bonds is 0. The first kappa shape index (κ1) is 15.7. The Balaban J connectivity index is 1.70. The fraction of sp³-hybridized carbons (Fsp3) is 0.520. The molecule has 0 aromatic heterocycles. The van der Waals surface area contributed by atoms with Crippen molar-refractivity contribution in [2.45, 2.75) is 83.5 Å². The summed E-state index contributed by atoms with van der Waals surface area (Å²) in [5.41, 5.74) is 13.3. The highest BCUT2D eigenvalue weighted by molar-refractivity contribution is 5.79. The zero-order valence-corrected chi connectivity index (χ0v) is 16.3. The van der Waals surface area contributed by atoms with E-state index in [1.807, 2.05) is 0 Å². The summed E-state index contributed by atoms with van der Waals surface area (Å²) < 4.78 is 0. The van der Waals surface area contributed by atoms with Crippen LogP contribution in [0.25, 0.3) is 11.1 Å². The lowest BCUT2D eigenvalue weighted by Gasteiger charge is -2.34. The Bertz CT molecular complexity index is 806. The molecule has 2 aromatic carbocycles. The number of hydrogen-bond donors (Lipinski definition) is 0. The molecule has 0 N–H and O–H groups in total. The fourth-order valence-corrected chi connectivity index (χ4v) is 5.77. The van der Waals surface area contributed by atoms with Gasteiger partial charge in [-0.15, -0.1) is 0 Å². The maximum absolute atomic E-state index is 2.57. The molecule has 0 spiro atoms. The minimum atomic E-state index is 0.332. The van der Waals surface area contributed by atoms with Gasteiger partial charge in [0.15, 0.2) is 0 Å². The largest absolute Gasteiger partial charge is 0.0558 e. The molecule has 0 atom stereocenters. The highest BCUT2D eigenvalue weighted by Crippen LogP contribution is 2.47. The van der Waals surface area contributed by atoms with Crippen molar-refractivity contribution < 1.29 is 0 Å². The van der Waals surface area contributed by atoms with E-state index in [1.165, 1.54) is 49.7 Å². The van der Waals surface area contributed by atoms with Crippen molar-refractivity contribution in [3.63, 3.8) is 0 Å². The summed E-state index contributed by atoms with van der Waals surface area (Å²) in [4.78, 5) is 0. The van der Waals surface area contributed by atoms with Gasteiger partial charge in [-0.1, -0.05) is 52.0 Å². The van der Waals surface area contributed by atoms with Gasteiger partial charge in [-0.3, -0.25) is 0 Å². The Kier molecular flexibility index (Phi) is 3.13. The molecule has 0 saturated heterocycles. The first-order valence-corrected chi connectivity index (χ1v) is 10.2. The van der Waals surface area contributed by atoms with Crippen molar-refractivity contribution in [1.29, 1.82) is 0 Å². The second kappa shape index (κ2) is 5.00. The second-order valence-corrected chi connectivity index (χ2v) is 9.98. The normalized spacial score (nSPS) is 21.9. The van der Waals surface area contributed by atoms with Gasteiger partial charge in [-0.25, -0.2) is 0 Å². The summed E-state index contributed by atoms with van der Waals surface area (Å²) >= 11 is 0. The van der Waals surface area contributed by atoms with Gasteiger partial charge in [-0.05, 0) is 100 Å². The van der Waals surface area contributed by atoms with Gasteiger partial charge < -0.3 is 0 Å². The van der Waals surface area contributed by atoms with Crippen LogP contribution in [-0.4, -0.2) is 0 Å². The molecule has 2 aromatic rings. The second-order valence-electron chi connectivity index (χ2n) is 9.98. The molecule has 0 nitrogen and oxygen atoms in total. The molecule has 0 heterocycles. The average Bonchev–Trinajstić information content (AvgIpc) is 2.88. The van der Waals surface area contributed by atoms with Crippen molar-refractivity contribution in [2.24, 2.45) is 0 Å². The predicted molar refractivity (Wildman–Crippen MR) is 107 cm³/mol. The monoisotopic (exact) mass is 330 g/mol. The molecule has 0 saturated carbocycles. The van der Waals surface area contributed by atoms with Crippen LogP contribution in [-0.2, 0) is 30.1 Å². The Morgan fingerprint density at radius 3 is 1.48 bits per heavy atom. The summed E-state index contributed by atoms with van der Waals surface area (Å²) in [6.07, 6.45) is 9.01. The predicted octanol–water partition coefficient (Wildman–Crippen LogP) is 6.49. The quantitative estimate of drug-likeness (QED) is 0.442. The van der Waals surface area contributed by atoms with Gasteiger partial charge >= 0.3 is 0 Å². The van der Waals surface area contributed by atoms with E-state index in [4.69, 9.17) is 0 Å². The van der Waals surface area contributed by atoms with Crippen LogP contribution < -0.4 is 0 Å². The molecule has 3 aliphatic carbocycles. The summed E-state index contributed by atoms with van der Waals surface area (Å²) in [6, 6.07) is 10.2. The van der Waals surface area contributed by atoms with Crippen LogP contribution in [0.3, 0.4) is 0 Å². The Labute approximate surface area is 152 Å². The Morgan fingerprint density at radius 2 is 1.04 bits per heavy atom. The lowest BCUT2D eigenvalue weighted by Crippen LogP contribution is -2.24. The highest BCUT2D eigenvalue weighted by atomic mass is 14.4. The average molecular weight is 331 g/mol. The van der Waals surface area contributed by atoms with Gasteiger partial charge in [0, 0.05) is 0 Å². The van der Waals surface area contributed by atoms with Crippen LogP contribution in [0.1, 0.15) is 86.8 Å². The molecule has 0 unspecified atom stereocenters. The first-order chi connectivity index (χ1) is 11.9. The van der Waals surface area contributed by atoms with Crippen molar-refractivity contribution in [3.05, 3.63) is 57.6 Å². The SMILES string of the molecule is CC1(C)CCCc2cc3c(cc21)-c1cc2c(cc1C3)CCCC2(C)C. The van der Waals surface area contributed by atoms with Crippen molar-refractivity contribution in [2.75, 3.05) is 0 Å². The summed E-state index contributed by atoms with van der Waals surface area (Å²) in [6.45, 7) is 9.73. The molecule has 130 valence electrons. The van der Waals surface area contributed by atoms with Crippen molar-refractivity contribution in [3.8, 4) is 11.1 Å². The fourth-order valence-electron chi connectivity index (χ4n) is 5.77. The molecule has 0 heteroatoms. The molecule has 5 rings (SSSR count). The van der Waals surface area contributed by atoms with Gasteiger partial charge in [-0.2, -0.15) is 0 Å². The van der Waals surface area contributed by atoms with E-state index < -0.39 is 0 Å². The lowest BCUT2D eigenvalue weighted by atomic mass is 9.71. The maximum atomic E-state index is 2.57. The van der Waals surface area contributed by atoms with E-state index in [9.17, 15) is 0 Å². The van der Waals surface area contributed by atoms with E-state index in [0.29, 0.717) is 10.8 Å². The first-order valence-electron chi connectivity index (χ1n) is 10.2. The number of aryl methyl sites for hydroxylation is 2. The third-order valence-corrected chi connectivity index (χ3v) is 7.28. The van der Waals surface area contributed by atoms with Gasteiger partial charge in [0.1, 0.15) is 0 Å². The van der Waals surface area contributed by atoms with Crippen LogP contribution in [0.15, 0.2) is 24.3 Å². The van der Waals surface area contributed by atoms with E-state index in [1.54, 1.807) is 33.4 Å². The van der Waals surface area contributed by atoms with E-state index in [-0.39, 0.29) is 0 Å². The van der Waals surface area contributed by atoms with E-state index >= 15 is 0 Å². The molecule has 0 radical (unpaired) electrons. The van der Waals surface area contributed by atoms with Crippen LogP contribution in [0, 0.1) is 0 Å². The maximum Gasteiger partial charge on any atom is -0.00132 e. The lowest BCUT2D eigenvalue weighted by molar-refractivity contribution is 0.431. The number of fused-ring (bicyclic) bond motifs is 5. The summed E-state index contributed by atoms with van der Waals surface area (Å²) in [5, 5.41) is 0. The Hall–Kier alpha value is -1.56. The molecule has 0 aliphatic heterocycles. The Morgan fingerprint density at radius 1 is 0.600 bits per heavy atom. The van der Waals surface area contributed by atoms with Crippen LogP contribution in [0.4, 0.5) is 0 Å². The topological polar surface area (TPSA) is 0 Å². The van der Waals surface area contributed by atoms with Crippen LogP contribution in [0.2, 0.25) is 0 Å². The van der Waals surface area contributed by atoms with Crippen molar-refractivity contribution in [1.82, 2.24) is 0 Å². The molecule has 25 heavy (non-hydrogen) atoms. The van der Waals surface area contributed by atoms with E-state index in [0.717, 1.165) is 6.42 Å². The van der Waals surface area contributed by atoms with Gasteiger partial charge in [0.25, 0.3) is 0 Å². The third-order valence-electron chi connectivity index (χ3n) is 7.28. The highest BCUT2D eigenvalue weighted by Gasteiger charge is 2.33. The standard InChI is InChI=1S/C25H30/c1-24(2)9-5-7-16-11-18-13-19-12-17-8-6-10-25(3,4)23(17)15-21(19)20(18)14-22(16)24/h11-12,14-15H,5-10,13H2,1-4H3. The molecule has 3 aliphatic rings. The van der Waals surface area contributed by atoms with Crippen LogP contribution >= 0.6 is 0 Å². The minimum absolute atomic E-state index is 0.332. The summed E-state index contributed by atoms with van der Waals surface area (Å²) in [5.74, 6) is 0.